The number of hydrogen-bond acceptors (Lipinski definition) is 5. The number of ether oxygens (including phenoxy) is 1. The van der Waals surface area contributed by atoms with Crippen molar-refractivity contribution < 1.29 is 19.4 Å². The van der Waals surface area contributed by atoms with Gasteiger partial charge in [-0.2, -0.15) is 0 Å². The summed E-state index contributed by atoms with van der Waals surface area (Å²) < 4.78 is 7.39. The number of amides is 1. The van der Waals surface area contributed by atoms with E-state index in [0.717, 1.165) is 35.5 Å². The van der Waals surface area contributed by atoms with Gasteiger partial charge in [-0.15, -0.1) is 0 Å². The molecule has 0 unspecified atom stereocenters. The van der Waals surface area contributed by atoms with Crippen molar-refractivity contribution in [3.05, 3.63) is 59.2 Å². The fourth-order valence-electron chi connectivity index (χ4n) is 3.67. The topological polar surface area (TPSA) is 96.7 Å². The molecule has 2 N–H and O–H groups in total. The minimum absolute atomic E-state index is 0.00757. The minimum atomic E-state index is -0.948. The smallest absolute Gasteiger partial charge is 0.335 e. The molecule has 0 aliphatic carbocycles. The van der Waals surface area contributed by atoms with Crippen LogP contribution in [0, 0.1) is 0 Å². The number of carbonyl (C=O) groups is 2. The van der Waals surface area contributed by atoms with E-state index in [1.165, 1.54) is 0 Å². The van der Waals surface area contributed by atoms with E-state index in [1.807, 2.05) is 39.8 Å². The molecule has 0 spiro atoms. The lowest BCUT2D eigenvalue weighted by molar-refractivity contribution is 0.0303. The molecule has 4 rings (SSSR count). The lowest BCUT2D eigenvalue weighted by Gasteiger charge is -2.26. The standard InChI is InChI=1S/C23H26N4O4/c1-2-9-24-23-25-19-8-7-18(21(28)26-10-12-31-13-11-26)14-20(19)27(23)15-16-3-5-17(6-4-16)22(29)30/h3-8,14H,2,9-13,15H2,1H3,(H,24,25)(H,29,30). The number of fused-ring (bicyclic) bond motifs is 1. The van der Waals surface area contributed by atoms with Crippen molar-refractivity contribution >= 4 is 28.9 Å². The summed E-state index contributed by atoms with van der Waals surface area (Å²) in [7, 11) is 0. The lowest BCUT2D eigenvalue weighted by Crippen LogP contribution is -2.40. The van der Waals surface area contributed by atoms with Gasteiger partial charge in [0.25, 0.3) is 5.91 Å². The maximum Gasteiger partial charge on any atom is 0.335 e. The first kappa shape index (κ1) is 20.9. The van der Waals surface area contributed by atoms with Gasteiger partial charge in [0.2, 0.25) is 5.95 Å². The molecule has 3 aromatic rings. The third-order valence-electron chi connectivity index (χ3n) is 5.37. The monoisotopic (exact) mass is 422 g/mol. The van der Waals surface area contributed by atoms with Gasteiger partial charge in [-0.25, -0.2) is 9.78 Å². The van der Waals surface area contributed by atoms with Gasteiger partial charge in [0.1, 0.15) is 0 Å². The van der Waals surface area contributed by atoms with Crippen LogP contribution in [0.2, 0.25) is 0 Å². The Morgan fingerprint density at radius 2 is 1.81 bits per heavy atom. The lowest BCUT2D eigenvalue weighted by atomic mass is 10.1. The number of morpholine rings is 1. The fraction of sp³-hybridized carbons (Fsp3) is 0.348. The van der Waals surface area contributed by atoms with Crippen molar-refractivity contribution in [3.8, 4) is 0 Å². The van der Waals surface area contributed by atoms with Crippen molar-refractivity contribution in [2.45, 2.75) is 19.9 Å². The molecular weight excluding hydrogens is 396 g/mol. The highest BCUT2D eigenvalue weighted by atomic mass is 16.5. The highest BCUT2D eigenvalue weighted by molar-refractivity contribution is 5.98. The molecule has 8 heteroatoms. The van der Waals surface area contributed by atoms with Crippen LogP contribution in [0.15, 0.2) is 42.5 Å². The Bertz CT molecular complexity index is 1080. The van der Waals surface area contributed by atoms with Crippen LogP contribution in [0.25, 0.3) is 11.0 Å². The molecule has 1 saturated heterocycles. The molecule has 0 atom stereocenters. The molecule has 1 fully saturated rings. The normalized spacial score (nSPS) is 14.0. The summed E-state index contributed by atoms with van der Waals surface area (Å²) in [6, 6.07) is 12.4. The van der Waals surface area contributed by atoms with Gasteiger partial charge in [-0.1, -0.05) is 19.1 Å². The summed E-state index contributed by atoms with van der Waals surface area (Å²) >= 11 is 0. The van der Waals surface area contributed by atoms with Gasteiger partial charge in [-0.05, 0) is 42.3 Å². The molecule has 8 nitrogen and oxygen atoms in total. The van der Waals surface area contributed by atoms with E-state index < -0.39 is 5.97 Å². The summed E-state index contributed by atoms with van der Waals surface area (Å²) in [5.74, 6) is -0.224. The summed E-state index contributed by atoms with van der Waals surface area (Å²) in [5, 5.41) is 12.5. The van der Waals surface area contributed by atoms with Crippen molar-refractivity contribution in [3.63, 3.8) is 0 Å². The highest BCUT2D eigenvalue weighted by Crippen LogP contribution is 2.24. The van der Waals surface area contributed by atoms with E-state index in [1.54, 1.807) is 12.1 Å². The Morgan fingerprint density at radius 1 is 1.10 bits per heavy atom. The summed E-state index contributed by atoms with van der Waals surface area (Å²) in [4.78, 5) is 30.6. The largest absolute Gasteiger partial charge is 0.478 e. The Balaban J connectivity index is 1.69. The maximum absolute atomic E-state index is 13.0. The van der Waals surface area contributed by atoms with Gasteiger partial charge >= 0.3 is 5.97 Å². The molecule has 2 heterocycles. The van der Waals surface area contributed by atoms with Gasteiger partial charge in [-0.3, -0.25) is 4.79 Å². The fourth-order valence-corrected chi connectivity index (χ4v) is 3.67. The average Bonchev–Trinajstić information content (AvgIpc) is 3.14. The molecule has 0 bridgehead atoms. The number of anilines is 1. The first-order valence-electron chi connectivity index (χ1n) is 10.5. The van der Waals surface area contributed by atoms with Crippen LogP contribution in [0.5, 0.6) is 0 Å². The first-order valence-corrected chi connectivity index (χ1v) is 10.5. The zero-order chi connectivity index (χ0) is 21.8. The number of rotatable bonds is 7. The molecule has 1 amide bonds. The number of imidazole rings is 1. The summed E-state index contributed by atoms with van der Waals surface area (Å²) in [5.41, 5.74) is 3.49. The predicted molar refractivity (Wildman–Crippen MR) is 118 cm³/mol. The second-order valence-electron chi connectivity index (χ2n) is 7.56. The number of carboxylic acids is 1. The third kappa shape index (κ3) is 4.54. The molecule has 31 heavy (non-hydrogen) atoms. The van der Waals surface area contributed by atoms with Gasteiger partial charge < -0.3 is 24.6 Å². The van der Waals surface area contributed by atoms with Gasteiger partial charge in [0.05, 0.1) is 36.4 Å². The molecule has 1 aliphatic rings. The van der Waals surface area contributed by atoms with Crippen molar-refractivity contribution in [1.29, 1.82) is 0 Å². The number of hydrogen-bond donors (Lipinski definition) is 2. The Morgan fingerprint density at radius 3 is 2.48 bits per heavy atom. The van der Waals surface area contributed by atoms with E-state index in [2.05, 4.69) is 12.2 Å². The van der Waals surface area contributed by atoms with E-state index >= 15 is 0 Å². The molecule has 162 valence electrons. The van der Waals surface area contributed by atoms with Crippen LogP contribution < -0.4 is 5.32 Å². The Kier molecular flexibility index (Phi) is 6.18. The Labute approximate surface area is 180 Å². The molecular formula is C23H26N4O4. The second kappa shape index (κ2) is 9.18. The first-order chi connectivity index (χ1) is 15.1. The van der Waals surface area contributed by atoms with Crippen molar-refractivity contribution in [2.24, 2.45) is 0 Å². The average molecular weight is 422 g/mol. The van der Waals surface area contributed by atoms with Crippen LogP contribution in [-0.2, 0) is 11.3 Å². The molecule has 2 aromatic carbocycles. The number of benzene rings is 2. The molecule has 0 saturated carbocycles. The van der Waals surface area contributed by atoms with E-state index in [9.17, 15) is 9.59 Å². The van der Waals surface area contributed by atoms with Crippen LogP contribution in [-0.4, -0.2) is 64.3 Å². The number of aromatic nitrogens is 2. The van der Waals surface area contributed by atoms with E-state index in [4.69, 9.17) is 14.8 Å². The predicted octanol–water partition coefficient (Wildman–Crippen LogP) is 3.08. The quantitative estimate of drug-likeness (QED) is 0.607. The van der Waals surface area contributed by atoms with Crippen LogP contribution in [0.4, 0.5) is 5.95 Å². The van der Waals surface area contributed by atoms with E-state index in [0.29, 0.717) is 38.4 Å². The number of nitrogens with zero attached hydrogens (tertiary/aromatic N) is 3. The maximum atomic E-state index is 13.0. The third-order valence-corrected chi connectivity index (χ3v) is 5.37. The number of nitrogens with one attached hydrogen (secondary N) is 1. The molecule has 1 aromatic heterocycles. The Hall–Kier alpha value is -3.39. The summed E-state index contributed by atoms with van der Waals surface area (Å²) in [6.45, 7) is 5.68. The van der Waals surface area contributed by atoms with Crippen molar-refractivity contribution in [2.75, 3.05) is 38.2 Å². The SMILES string of the molecule is CCCNc1nc2ccc(C(=O)N3CCOCC3)cc2n1Cc1ccc(C(=O)O)cc1. The number of aromatic carboxylic acids is 1. The van der Waals surface area contributed by atoms with Crippen LogP contribution in [0.3, 0.4) is 0 Å². The van der Waals surface area contributed by atoms with Gasteiger partial charge in [0, 0.05) is 25.2 Å². The molecule has 1 aliphatic heterocycles. The van der Waals surface area contributed by atoms with Crippen molar-refractivity contribution in [1.82, 2.24) is 14.5 Å². The zero-order valence-electron chi connectivity index (χ0n) is 17.5. The van der Waals surface area contributed by atoms with Gasteiger partial charge in [0.15, 0.2) is 0 Å². The minimum Gasteiger partial charge on any atom is -0.478 e. The second-order valence-corrected chi connectivity index (χ2v) is 7.56. The number of carbonyl (C=O) groups excluding carboxylic acids is 1. The van der Waals surface area contributed by atoms with Crippen LogP contribution >= 0.6 is 0 Å². The van der Waals surface area contributed by atoms with Crippen LogP contribution in [0.1, 0.15) is 39.6 Å². The summed E-state index contributed by atoms with van der Waals surface area (Å²) in [6.07, 6.45) is 0.956. The molecule has 0 radical (unpaired) electrons. The number of carboxylic acid groups (broad SMARTS) is 1. The zero-order valence-corrected chi connectivity index (χ0v) is 17.5. The highest BCUT2D eigenvalue weighted by Gasteiger charge is 2.20. The van der Waals surface area contributed by atoms with E-state index in [-0.39, 0.29) is 11.5 Å².